The lowest BCUT2D eigenvalue weighted by Gasteiger charge is -2.07. The Balaban J connectivity index is 2.11. The molecule has 0 radical (unpaired) electrons. The molecule has 0 saturated carbocycles. The number of hydrogen-bond donors (Lipinski definition) is 1. The number of aryl methyl sites for hydroxylation is 2. The van der Waals surface area contributed by atoms with Crippen LogP contribution in [0.3, 0.4) is 0 Å². The van der Waals surface area contributed by atoms with Crippen LogP contribution in [-0.2, 0) is 6.42 Å². The lowest BCUT2D eigenvalue weighted by molar-refractivity contribution is 0.688. The first-order chi connectivity index (χ1) is 7.66. The van der Waals surface area contributed by atoms with Gasteiger partial charge in [-0.15, -0.1) is 11.3 Å². The van der Waals surface area contributed by atoms with Crippen molar-refractivity contribution in [1.29, 1.82) is 0 Å². The highest BCUT2D eigenvalue weighted by atomic mass is 32.1. The molecule has 0 bridgehead atoms. The summed E-state index contributed by atoms with van der Waals surface area (Å²) in [5.74, 6) is 0. The van der Waals surface area contributed by atoms with Gasteiger partial charge in [-0.25, -0.2) is 15.0 Å². The molecule has 2 rings (SSSR count). The second-order valence-electron chi connectivity index (χ2n) is 3.69. The minimum atomic E-state index is -0.104. The summed E-state index contributed by atoms with van der Waals surface area (Å²) in [6.07, 6.45) is 3.96. The number of nitrogens with two attached hydrogens (primary N) is 1. The van der Waals surface area contributed by atoms with Gasteiger partial charge in [0.15, 0.2) is 0 Å². The normalized spacial score (nSPS) is 12.7. The van der Waals surface area contributed by atoms with Crippen molar-refractivity contribution in [3.05, 3.63) is 39.9 Å². The van der Waals surface area contributed by atoms with Crippen molar-refractivity contribution in [2.45, 2.75) is 26.3 Å². The summed E-state index contributed by atoms with van der Waals surface area (Å²) in [4.78, 5) is 13.7. The maximum absolute atomic E-state index is 6.06. The molecule has 0 fully saturated rings. The Hall–Kier alpha value is -1.33. The van der Waals surface area contributed by atoms with Crippen LogP contribution in [0, 0.1) is 13.8 Å². The molecule has 0 spiro atoms. The first-order valence-electron chi connectivity index (χ1n) is 5.11. The zero-order valence-corrected chi connectivity index (χ0v) is 10.2. The van der Waals surface area contributed by atoms with E-state index in [-0.39, 0.29) is 6.04 Å². The van der Waals surface area contributed by atoms with E-state index in [0.717, 1.165) is 22.8 Å². The molecule has 0 aliphatic heterocycles. The lowest BCUT2D eigenvalue weighted by atomic mass is 10.1. The predicted molar refractivity (Wildman–Crippen MR) is 64.3 cm³/mol. The average molecular weight is 234 g/mol. The maximum Gasteiger partial charge on any atom is 0.115 e. The van der Waals surface area contributed by atoms with Crippen molar-refractivity contribution >= 4 is 11.3 Å². The van der Waals surface area contributed by atoms with E-state index in [0.29, 0.717) is 0 Å². The third-order valence-corrected chi connectivity index (χ3v) is 3.55. The number of rotatable bonds is 3. The quantitative estimate of drug-likeness (QED) is 0.879. The first-order valence-corrected chi connectivity index (χ1v) is 5.93. The van der Waals surface area contributed by atoms with Gasteiger partial charge in [0.1, 0.15) is 6.33 Å². The van der Waals surface area contributed by atoms with Crippen molar-refractivity contribution in [2.75, 3.05) is 0 Å². The fraction of sp³-hybridized carbons (Fsp3) is 0.364. The summed E-state index contributed by atoms with van der Waals surface area (Å²) >= 11 is 1.70. The van der Waals surface area contributed by atoms with Gasteiger partial charge < -0.3 is 5.73 Å². The molecular formula is C11H14N4S. The molecule has 2 N–H and O–H groups in total. The highest BCUT2D eigenvalue weighted by molar-refractivity contribution is 7.11. The average Bonchev–Trinajstić information content (AvgIpc) is 2.59. The molecule has 0 aromatic carbocycles. The lowest BCUT2D eigenvalue weighted by Crippen LogP contribution is -2.14. The zero-order valence-electron chi connectivity index (χ0n) is 9.34. The summed E-state index contributed by atoms with van der Waals surface area (Å²) < 4.78 is 0. The van der Waals surface area contributed by atoms with E-state index in [9.17, 15) is 0 Å². The van der Waals surface area contributed by atoms with Crippen molar-refractivity contribution in [3.8, 4) is 0 Å². The van der Waals surface area contributed by atoms with E-state index < -0.39 is 0 Å². The number of hydrogen-bond acceptors (Lipinski definition) is 5. The van der Waals surface area contributed by atoms with Gasteiger partial charge in [-0.05, 0) is 19.9 Å². The van der Waals surface area contributed by atoms with Crippen LogP contribution in [0.5, 0.6) is 0 Å². The van der Waals surface area contributed by atoms with E-state index in [2.05, 4.69) is 21.9 Å². The summed E-state index contributed by atoms with van der Waals surface area (Å²) in [6.45, 7) is 4.10. The van der Waals surface area contributed by atoms with Crippen molar-refractivity contribution in [1.82, 2.24) is 15.0 Å². The third-order valence-electron chi connectivity index (χ3n) is 2.45. The first kappa shape index (κ1) is 11.2. The molecule has 1 atom stereocenters. The Morgan fingerprint density at radius 2 is 2.25 bits per heavy atom. The SMILES string of the molecule is Cc1nc(CC(N)c2ccncn2)sc1C. The number of nitrogens with zero attached hydrogens (tertiary/aromatic N) is 3. The van der Waals surface area contributed by atoms with Crippen LogP contribution in [0.2, 0.25) is 0 Å². The standard InChI is InChI=1S/C11H14N4S/c1-7-8(2)16-11(15-7)5-9(12)10-3-4-13-6-14-10/h3-4,6,9H,5,12H2,1-2H3. The predicted octanol–water partition coefficient (Wildman–Crippen LogP) is 1.79. The summed E-state index contributed by atoms with van der Waals surface area (Å²) in [5.41, 5.74) is 8.02. The molecule has 0 saturated heterocycles. The Labute approximate surface area is 98.6 Å². The fourth-order valence-corrected chi connectivity index (χ4v) is 2.43. The third kappa shape index (κ3) is 2.43. The Morgan fingerprint density at radius 3 is 2.81 bits per heavy atom. The molecule has 2 heterocycles. The fourth-order valence-electron chi connectivity index (χ4n) is 1.44. The monoisotopic (exact) mass is 234 g/mol. The smallest absolute Gasteiger partial charge is 0.115 e. The topological polar surface area (TPSA) is 64.7 Å². The van der Waals surface area contributed by atoms with Crippen LogP contribution in [-0.4, -0.2) is 15.0 Å². The van der Waals surface area contributed by atoms with Crippen LogP contribution in [0.1, 0.15) is 27.3 Å². The summed E-state index contributed by atoms with van der Waals surface area (Å²) in [6, 6.07) is 1.74. The molecule has 0 aliphatic carbocycles. The van der Waals surface area contributed by atoms with Crippen molar-refractivity contribution in [3.63, 3.8) is 0 Å². The maximum atomic E-state index is 6.06. The van der Waals surface area contributed by atoms with Crippen LogP contribution >= 0.6 is 11.3 Å². The number of thiazole rings is 1. The van der Waals surface area contributed by atoms with E-state index in [1.165, 1.54) is 11.2 Å². The van der Waals surface area contributed by atoms with Crippen molar-refractivity contribution < 1.29 is 0 Å². The summed E-state index contributed by atoms with van der Waals surface area (Å²) in [7, 11) is 0. The van der Waals surface area contributed by atoms with E-state index in [4.69, 9.17) is 5.73 Å². The van der Waals surface area contributed by atoms with Gasteiger partial charge in [0, 0.05) is 17.5 Å². The minimum Gasteiger partial charge on any atom is -0.322 e. The second-order valence-corrected chi connectivity index (χ2v) is 4.98. The molecule has 5 heteroatoms. The van der Waals surface area contributed by atoms with Gasteiger partial charge in [-0.2, -0.15) is 0 Å². The Kier molecular flexibility index (Phi) is 3.26. The molecule has 0 aliphatic rings. The largest absolute Gasteiger partial charge is 0.322 e. The molecule has 2 aromatic rings. The van der Waals surface area contributed by atoms with Gasteiger partial charge in [0.05, 0.1) is 22.4 Å². The molecular weight excluding hydrogens is 220 g/mol. The Morgan fingerprint density at radius 1 is 1.44 bits per heavy atom. The van der Waals surface area contributed by atoms with Gasteiger partial charge in [-0.1, -0.05) is 0 Å². The van der Waals surface area contributed by atoms with E-state index in [1.54, 1.807) is 17.5 Å². The highest BCUT2D eigenvalue weighted by Crippen LogP contribution is 2.20. The van der Waals surface area contributed by atoms with Crippen LogP contribution in [0.15, 0.2) is 18.6 Å². The molecule has 4 nitrogen and oxygen atoms in total. The van der Waals surface area contributed by atoms with E-state index in [1.807, 2.05) is 13.0 Å². The van der Waals surface area contributed by atoms with Crippen LogP contribution in [0.25, 0.3) is 0 Å². The van der Waals surface area contributed by atoms with Gasteiger partial charge in [-0.3, -0.25) is 0 Å². The second kappa shape index (κ2) is 4.67. The number of aromatic nitrogens is 3. The zero-order chi connectivity index (χ0) is 11.5. The van der Waals surface area contributed by atoms with Crippen LogP contribution in [0.4, 0.5) is 0 Å². The molecule has 16 heavy (non-hydrogen) atoms. The summed E-state index contributed by atoms with van der Waals surface area (Å²) in [5, 5.41) is 1.07. The van der Waals surface area contributed by atoms with E-state index >= 15 is 0 Å². The highest BCUT2D eigenvalue weighted by Gasteiger charge is 2.11. The van der Waals surface area contributed by atoms with Crippen LogP contribution < -0.4 is 5.73 Å². The van der Waals surface area contributed by atoms with Crippen molar-refractivity contribution in [2.24, 2.45) is 5.73 Å². The minimum absolute atomic E-state index is 0.104. The van der Waals surface area contributed by atoms with Gasteiger partial charge in [0.25, 0.3) is 0 Å². The van der Waals surface area contributed by atoms with Gasteiger partial charge in [0.2, 0.25) is 0 Å². The van der Waals surface area contributed by atoms with Gasteiger partial charge >= 0.3 is 0 Å². The molecule has 1 unspecified atom stereocenters. The molecule has 0 amide bonds. The molecule has 2 aromatic heterocycles. The Bertz CT molecular complexity index is 447. The molecule has 84 valence electrons.